The highest BCUT2D eigenvalue weighted by molar-refractivity contribution is 5.85. The lowest BCUT2D eigenvalue weighted by Gasteiger charge is -2.02. The van der Waals surface area contributed by atoms with E-state index in [1.807, 2.05) is 71.8 Å². The van der Waals surface area contributed by atoms with Crippen molar-refractivity contribution in [1.82, 2.24) is 19.1 Å². The Morgan fingerprint density at radius 2 is 1.07 bits per heavy atom. The van der Waals surface area contributed by atoms with Gasteiger partial charge in [-0.25, -0.2) is 20.0 Å². The molecule has 0 atom stereocenters. The molecule has 3 heterocycles. The van der Waals surface area contributed by atoms with Gasteiger partial charge in [-0.15, -0.1) is 0 Å². The Bertz CT molecular complexity index is 1230. The highest BCUT2D eigenvalue weighted by atomic mass is 15.2. The molecule has 28 heavy (non-hydrogen) atoms. The number of aromatic nitrogens is 4. The van der Waals surface area contributed by atoms with Crippen molar-refractivity contribution in [3.05, 3.63) is 72.1 Å². The topological polar surface area (TPSA) is 60.4 Å². The molecule has 2 aromatic carbocycles. The Labute approximate surface area is 161 Å². The molecule has 1 aromatic heterocycles. The Balaban J connectivity index is 1.94. The molecule has 8 bridgehead atoms. The Morgan fingerprint density at radius 1 is 0.607 bits per heavy atom. The van der Waals surface area contributed by atoms with Crippen LogP contribution in [-0.2, 0) is 14.1 Å². The van der Waals surface area contributed by atoms with Gasteiger partial charge in [0.05, 0.1) is 23.8 Å². The fraction of sp³-hybridized carbons (Fsp3) is 0.0909. The smallest absolute Gasteiger partial charge is 0.230 e. The van der Waals surface area contributed by atoms with Crippen molar-refractivity contribution in [2.24, 2.45) is 24.1 Å². The first-order valence-corrected chi connectivity index (χ1v) is 9.02. The summed E-state index contributed by atoms with van der Waals surface area (Å²) in [5.41, 5.74) is 3.67. The van der Waals surface area contributed by atoms with Gasteiger partial charge in [-0.1, -0.05) is 24.3 Å². The summed E-state index contributed by atoms with van der Waals surface area (Å²) in [5, 5.41) is 2.09. The average Bonchev–Trinajstić information content (AvgIpc) is 3.36. The summed E-state index contributed by atoms with van der Waals surface area (Å²) < 4.78 is 3.96. The van der Waals surface area contributed by atoms with E-state index in [9.17, 15) is 0 Å². The van der Waals surface area contributed by atoms with Crippen LogP contribution in [0, 0.1) is 0 Å². The zero-order valence-electron chi connectivity index (χ0n) is 15.6. The molecule has 5 rings (SSSR count). The zero-order chi connectivity index (χ0) is 19.1. The van der Waals surface area contributed by atoms with E-state index in [-0.39, 0.29) is 0 Å². The van der Waals surface area contributed by atoms with Crippen molar-refractivity contribution < 1.29 is 0 Å². The number of aryl methyl sites for hydroxylation is 2. The van der Waals surface area contributed by atoms with E-state index in [1.54, 1.807) is 12.4 Å². The van der Waals surface area contributed by atoms with E-state index < -0.39 is 0 Å². The van der Waals surface area contributed by atoms with Crippen LogP contribution in [0.3, 0.4) is 0 Å². The van der Waals surface area contributed by atoms with Gasteiger partial charge in [0.25, 0.3) is 0 Å². The largest absolute Gasteiger partial charge is 0.314 e. The molecule has 0 saturated heterocycles. The van der Waals surface area contributed by atoms with Gasteiger partial charge in [0, 0.05) is 25.1 Å². The molecular weight excluding hydrogens is 348 g/mol. The first-order chi connectivity index (χ1) is 13.7. The molecule has 2 aliphatic rings. The quantitative estimate of drug-likeness (QED) is 0.408. The fourth-order valence-corrected chi connectivity index (χ4v) is 3.28. The molecule has 136 valence electrons. The molecule has 2 aliphatic heterocycles. The minimum Gasteiger partial charge on any atom is -0.314 e. The predicted molar refractivity (Wildman–Crippen MR) is 114 cm³/mol. The normalized spacial score (nSPS) is 12.4. The highest BCUT2D eigenvalue weighted by Crippen LogP contribution is 2.19. The summed E-state index contributed by atoms with van der Waals surface area (Å²) in [7, 11) is 3.94. The molecule has 0 unspecified atom stereocenters. The van der Waals surface area contributed by atoms with Crippen LogP contribution in [0.2, 0.25) is 0 Å². The zero-order valence-corrected chi connectivity index (χ0v) is 15.6. The van der Waals surface area contributed by atoms with E-state index in [0.29, 0.717) is 11.9 Å². The van der Waals surface area contributed by atoms with E-state index in [4.69, 9.17) is 0 Å². The predicted octanol–water partition coefficient (Wildman–Crippen LogP) is 4.40. The molecule has 0 aliphatic carbocycles. The minimum absolute atomic E-state index is 0.666. The van der Waals surface area contributed by atoms with Crippen LogP contribution in [0.5, 0.6) is 0 Å². The molecule has 0 spiro atoms. The molecule has 0 saturated carbocycles. The lowest BCUT2D eigenvalue weighted by molar-refractivity contribution is 0.921. The standard InChI is InChI=1S/C22H18N6/c1-27-19-7-3-5-15(11-19)9-18-14-24-22(26-18)28(2)20-8-4-6-16(12-20)10-17-13-23-21(27)25-17/h3-14H,1-2H3. The summed E-state index contributed by atoms with van der Waals surface area (Å²) in [6, 6.07) is 20.4. The molecule has 0 fully saturated rings. The van der Waals surface area contributed by atoms with Crippen LogP contribution >= 0.6 is 0 Å². The molecule has 6 nitrogen and oxygen atoms in total. The first-order valence-electron chi connectivity index (χ1n) is 9.02. The van der Waals surface area contributed by atoms with Gasteiger partial charge in [-0.3, -0.25) is 0 Å². The first kappa shape index (κ1) is 16.4. The summed E-state index contributed by atoms with van der Waals surface area (Å²) in [4.78, 5) is 18.3. The van der Waals surface area contributed by atoms with Gasteiger partial charge < -0.3 is 9.13 Å². The Hall–Kier alpha value is -3.80. The van der Waals surface area contributed by atoms with Crippen LogP contribution in [-0.4, -0.2) is 31.5 Å². The Morgan fingerprint density at radius 3 is 1.54 bits per heavy atom. The summed E-state index contributed by atoms with van der Waals surface area (Å²) in [6.07, 6.45) is 3.59. The average molecular weight is 366 g/mol. The van der Waals surface area contributed by atoms with E-state index in [0.717, 1.165) is 33.2 Å². The van der Waals surface area contributed by atoms with Gasteiger partial charge in [-0.2, -0.15) is 0 Å². The summed E-state index contributed by atoms with van der Waals surface area (Å²) >= 11 is 0. The monoisotopic (exact) mass is 366 g/mol. The van der Waals surface area contributed by atoms with Gasteiger partial charge in [-0.05, 0) is 47.2 Å². The van der Waals surface area contributed by atoms with Crippen LogP contribution < -0.4 is 0 Å². The van der Waals surface area contributed by atoms with Crippen molar-refractivity contribution in [2.45, 2.75) is 0 Å². The van der Waals surface area contributed by atoms with Gasteiger partial charge in [0.15, 0.2) is 0 Å². The fourth-order valence-electron chi connectivity index (χ4n) is 3.28. The van der Waals surface area contributed by atoms with Gasteiger partial charge in [0.1, 0.15) is 0 Å². The number of benzene rings is 2. The van der Waals surface area contributed by atoms with Crippen LogP contribution in [0.25, 0.3) is 21.8 Å². The van der Waals surface area contributed by atoms with E-state index in [1.165, 1.54) is 0 Å². The summed E-state index contributed by atoms with van der Waals surface area (Å²) in [6.45, 7) is 0. The maximum absolute atomic E-state index is 4.67. The molecule has 6 heteroatoms. The third-order valence-corrected chi connectivity index (χ3v) is 4.83. The van der Waals surface area contributed by atoms with Crippen LogP contribution in [0.15, 0.2) is 70.6 Å². The van der Waals surface area contributed by atoms with Crippen molar-refractivity contribution in [1.29, 1.82) is 0 Å². The van der Waals surface area contributed by atoms with Gasteiger partial charge >= 0.3 is 0 Å². The van der Waals surface area contributed by atoms with E-state index >= 15 is 0 Å². The van der Waals surface area contributed by atoms with E-state index in [2.05, 4.69) is 32.1 Å². The minimum atomic E-state index is 0.666. The van der Waals surface area contributed by atoms with Crippen molar-refractivity contribution in [3.63, 3.8) is 0 Å². The number of aliphatic imine (C=N–C) groups is 2. The second-order valence-corrected chi connectivity index (χ2v) is 6.79. The number of fused-ring (bicyclic) bond motifs is 8. The summed E-state index contributed by atoms with van der Waals surface area (Å²) in [5.74, 6) is 1.33. The molecule has 0 N–H and O–H groups in total. The number of nitrogens with zero attached hydrogens (tertiary/aromatic N) is 6. The number of hydrogen-bond donors (Lipinski definition) is 0. The SMILES string of the molecule is Cn1c2nc(cc3cccc(c3)n(C)c3nc(cc4cccc1c4)C=N3)C=N2. The van der Waals surface area contributed by atoms with Crippen LogP contribution in [0.4, 0.5) is 11.9 Å². The third-order valence-electron chi connectivity index (χ3n) is 4.83. The van der Waals surface area contributed by atoms with Crippen molar-refractivity contribution >= 4 is 46.1 Å². The number of hydrogen-bond acceptors (Lipinski definition) is 4. The second kappa shape index (κ2) is 6.42. The molecule has 3 aromatic rings. The number of rotatable bonds is 0. The lowest BCUT2D eigenvalue weighted by atomic mass is 10.2. The molecular formula is C22H18N6. The second-order valence-electron chi connectivity index (χ2n) is 6.79. The van der Waals surface area contributed by atoms with Crippen LogP contribution in [0.1, 0.15) is 11.4 Å². The third kappa shape index (κ3) is 2.95. The van der Waals surface area contributed by atoms with Crippen molar-refractivity contribution in [2.75, 3.05) is 0 Å². The Kier molecular flexibility index (Phi) is 3.76. The highest BCUT2D eigenvalue weighted by Gasteiger charge is 2.05. The van der Waals surface area contributed by atoms with Gasteiger partial charge in [0.2, 0.25) is 11.9 Å². The van der Waals surface area contributed by atoms with Crippen molar-refractivity contribution in [3.8, 4) is 0 Å². The molecule has 0 amide bonds. The maximum Gasteiger partial charge on any atom is 0.230 e. The molecule has 0 radical (unpaired) electrons. The maximum atomic E-state index is 4.67. The lowest BCUT2D eigenvalue weighted by Crippen LogP contribution is -1.91.